The number of nitrogens with one attached hydrogen (secondary N) is 2. The molecule has 7 rings (SSSR count). The van der Waals surface area contributed by atoms with E-state index in [2.05, 4.69) is 66.7 Å². The lowest BCUT2D eigenvalue weighted by Crippen LogP contribution is -2.54. The van der Waals surface area contributed by atoms with Crippen molar-refractivity contribution in [1.29, 1.82) is 0 Å². The molecule has 1 aromatic carbocycles. The highest BCUT2D eigenvalue weighted by Crippen LogP contribution is 2.56. The van der Waals surface area contributed by atoms with Crippen molar-refractivity contribution in [3.05, 3.63) is 29.3 Å². The van der Waals surface area contributed by atoms with Crippen LogP contribution in [-0.4, -0.2) is 27.8 Å². The molecule has 4 bridgehead atoms. The highest BCUT2D eigenvalue weighted by atomic mass is 16.4. The highest BCUT2D eigenvalue weighted by Gasteiger charge is 2.51. The number of aromatic nitrogens is 3. The summed E-state index contributed by atoms with van der Waals surface area (Å²) in [6.07, 6.45) is 7.98. The van der Waals surface area contributed by atoms with Gasteiger partial charge in [-0.3, -0.25) is 0 Å². The molecule has 2 heterocycles. The molecule has 0 saturated heterocycles. The van der Waals surface area contributed by atoms with Gasteiger partial charge in [0.15, 0.2) is 0 Å². The molecule has 0 radical (unpaired) electrons. The van der Waals surface area contributed by atoms with Crippen LogP contribution in [0.15, 0.2) is 22.6 Å². The fraction of sp³-hybridized carbons (Fsp3) is 0.593. The summed E-state index contributed by atoms with van der Waals surface area (Å²) < 4.78 is 6.17. The number of rotatable bonds is 4. The van der Waals surface area contributed by atoms with Gasteiger partial charge in [0.25, 0.3) is 5.89 Å². The fourth-order valence-corrected chi connectivity index (χ4v) is 7.18. The standard InChI is InChI=1S/C27H35N5O/c1-15-6-22(29-23-20(15)10-19(28-5)11-21(23)26(2,3)4)24-31-32-25(33-24)30-27-12-16-7-17(13-27)9-18(8-16)14-27/h6,10-11,16-18,28H,7-9,12-14H2,1-5H3,(H,30,32). The Hall–Kier alpha value is -2.63. The average molecular weight is 446 g/mol. The molecular weight excluding hydrogens is 410 g/mol. The van der Waals surface area contributed by atoms with Crippen molar-refractivity contribution < 1.29 is 4.42 Å². The van der Waals surface area contributed by atoms with Crippen molar-refractivity contribution in [2.75, 3.05) is 17.7 Å². The number of benzene rings is 1. The van der Waals surface area contributed by atoms with Gasteiger partial charge < -0.3 is 15.1 Å². The van der Waals surface area contributed by atoms with Gasteiger partial charge in [-0.25, -0.2) is 4.98 Å². The summed E-state index contributed by atoms with van der Waals surface area (Å²) >= 11 is 0. The minimum Gasteiger partial charge on any atom is -0.402 e. The Morgan fingerprint density at radius 2 is 1.64 bits per heavy atom. The molecule has 0 aliphatic heterocycles. The molecular formula is C27H35N5O. The van der Waals surface area contributed by atoms with Gasteiger partial charge in [0, 0.05) is 23.7 Å². The zero-order valence-electron chi connectivity index (χ0n) is 20.5. The molecule has 4 saturated carbocycles. The second-order valence-corrected chi connectivity index (χ2v) is 12.0. The van der Waals surface area contributed by atoms with Crippen molar-refractivity contribution in [3.63, 3.8) is 0 Å². The van der Waals surface area contributed by atoms with Crippen LogP contribution >= 0.6 is 0 Å². The molecule has 33 heavy (non-hydrogen) atoms. The molecule has 0 amide bonds. The smallest absolute Gasteiger partial charge is 0.316 e. The van der Waals surface area contributed by atoms with Crippen LogP contribution in [0.2, 0.25) is 0 Å². The van der Waals surface area contributed by atoms with E-state index in [4.69, 9.17) is 9.40 Å². The molecule has 6 nitrogen and oxygen atoms in total. The molecule has 0 atom stereocenters. The Balaban J connectivity index is 1.35. The maximum Gasteiger partial charge on any atom is 0.316 e. The van der Waals surface area contributed by atoms with Crippen LogP contribution in [-0.2, 0) is 5.41 Å². The lowest BCUT2D eigenvalue weighted by Gasteiger charge is -2.56. The molecule has 4 fully saturated rings. The molecule has 6 heteroatoms. The van der Waals surface area contributed by atoms with Gasteiger partial charge in [0.1, 0.15) is 5.69 Å². The predicted molar refractivity (Wildman–Crippen MR) is 133 cm³/mol. The molecule has 4 aliphatic carbocycles. The second kappa shape index (κ2) is 7.18. The van der Waals surface area contributed by atoms with Crippen molar-refractivity contribution in [3.8, 4) is 11.6 Å². The average Bonchev–Trinajstić information content (AvgIpc) is 3.19. The van der Waals surface area contributed by atoms with E-state index in [1.165, 1.54) is 44.1 Å². The molecule has 0 spiro atoms. The number of hydrogen-bond donors (Lipinski definition) is 2. The van der Waals surface area contributed by atoms with Gasteiger partial charge >= 0.3 is 6.01 Å². The summed E-state index contributed by atoms with van der Waals surface area (Å²) in [6.45, 7) is 8.81. The van der Waals surface area contributed by atoms with Gasteiger partial charge in [-0.15, -0.1) is 5.10 Å². The quantitative estimate of drug-likeness (QED) is 0.490. The number of anilines is 2. The summed E-state index contributed by atoms with van der Waals surface area (Å²) in [5, 5.41) is 17.0. The van der Waals surface area contributed by atoms with Crippen LogP contribution in [0.5, 0.6) is 0 Å². The first kappa shape index (κ1) is 20.9. The minimum atomic E-state index is -0.0385. The molecule has 0 unspecified atom stereocenters. The lowest BCUT2D eigenvalue weighted by atomic mass is 9.53. The molecule has 3 aromatic rings. The Kier molecular flexibility index (Phi) is 4.56. The first-order valence-electron chi connectivity index (χ1n) is 12.5. The van der Waals surface area contributed by atoms with Crippen LogP contribution in [0.25, 0.3) is 22.5 Å². The zero-order chi connectivity index (χ0) is 23.0. The van der Waals surface area contributed by atoms with E-state index in [1.54, 1.807) is 0 Å². The van der Waals surface area contributed by atoms with E-state index in [0.29, 0.717) is 11.9 Å². The Morgan fingerprint density at radius 1 is 0.970 bits per heavy atom. The summed E-state index contributed by atoms with van der Waals surface area (Å²) in [6, 6.07) is 6.99. The summed E-state index contributed by atoms with van der Waals surface area (Å²) in [7, 11) is 1.96. The largest absolute Gasteiger partial charge is 0.402 e. The molecule has 4 aliphatic rings. The van der Waals surface area contributed by atoms with E-state index in [9.17, 15) is 0 Å². The fourth-order valence-electron chi connectivity index (χ4n) is 7.18. The van der Waals surface area contributed by atoms with Crippen LogP contribution in [0, 0.1) is 24.7 Å². The summed E-state index contributed by atoms with van der Waals surface area (Å²) in [4.78, 5) is 5.04. The van der Waals surface area contributed by atoms with E-state index in [0.717, 1.165) is 45.6 Å². The van der Waals surface area contributed by atoms with Crippen LogP contribution in [0.1, 0.15) is 70.4 Å². The van der Waals surface area contributed by atoms with Crippen molar-refractivity contribution in [2.45, 2.75) is 77.2 Å². The predicted octanol–water partition coefficient (Wildman–Crippen LogP) is 6.31. The number of nitrogens with zero attached hydrogens (tertiary/aromatic N) is 3. The second-order valence-electron chi connectivity index (χ2n) is 12.0. The van der Waals surface area contributed by atoms with Crippen LogP contribution < -0.4 is 10.6 Å². The molecule has 2 aromatic heterocycles. The van der Waals surface area contributed by atoms with E-state index >= 15 is 0 Å². The maximum atomic E-state index is 6.17. The summed E-state index contributed by atoms with van der Waals surface area (Å²) in [5.41, 5.74) is 5.33. The third-order valence-corrected chi connectivity index (χ3v) is 8.27. The number of pyridine rings is 1. The molecule has 174 valence electrons. The first-order valence-corrected chi connectivity index (χ1v) is 12.5. The highest BCUT2D eigenvalue weighted by molar-refractivity contribution is 5.90. The Bertz CT molecular complexity index is 1190. The first-order chi connectivity index (χ1) is 15.7. The monoisotopic (exact) mass is 445 g/mol. The third kappa shape index (κ3) is 3.58. The van der Waals surface area contributed by atoms with Gasteiger partial charge in [-0.2, -0.15) is 0 Å². The van der Waals surface area contributed by atoms with Gasteiger partial charge in [-0.05, 0) is 97.9 Å². The minimum absolute atomic E-state index is 0.0385. The van der Waals surface area contributed by atoms with Crippen molar-refractivity contribution >= 4 is 22.6 Å². The normalized spacial score (nSPS) is 28.5. The van der Waals surface area contributed by atoms with E-state index in [-0.39, 0.29) is 11.0 Å². The number of hydrogen-bond acceptors (Lipinski definition) is 6. The van der Waals surface area contributed by atoms with Crippen molar-refractivity contribution in [2.24, 2.45) is 17.8 Å². The number of fused-ring (bicyclic) bond motifs is 1. The number of aryl methyl sites for hydroxylation is 1. The van der Waals surface area contributed by atoms with E-state index in [1.807, 2.05) is 7.05 Å². The Labute approximate surface area is 196 Å². The molecule has 2 N–H and O–H groups in total. The van der Waals surface area contributed by atoms with Crippen LogP contribution in [0.4, 0.5) is 11.7 Å². The van der Waals surface area contributed by atoms with E-state index < -0.39 is 0 Å². The topological polar surface area (TPSA) is 75.9 Å². The Morgan fingerprint density at radius 3 is 2.24 bits per heavy atom. The van der Waals surface area contributed by atoms with Gasteiger partial charge in [-0.1, -0.05) is 25.9 Å². The SMILES string of the molecule is CNc1cc(C(C)(C)C)c2nc(-c3nnc(NC45CC6CC(CC(C6)C4)C5)o3)cc(C)c2c1. The maximum absolute atomic E-state index is 6.17. The lowest BCUT2D eigenvalue weighted by molar-refractivity contribution is 0.00964. The van der Waals surface area contributed by atoms with Crippen molar-refractivity contribution in [1.82, 2.24) is 15.2 Å². The zero-order valence-corrected chi connectivity index (χ0v) is 20.5. The van der Waals surface area contributed by atoms with Gasteiger partial charge in [0.2, 0.25) is 0 Å². The third-order valence-electron chi connectivity index (χ3n) is 8.27. The van der Waals surface area contributed by atoms with Gasteiger partial charge in [0.05, 0.1) is 5.52 Å². The van der Waals surface area contributed by atoms with Crippen LogP contribution in [0.3, 0.4) is 0 Å². The summed E-state index contributed by atoms with van der Waals surface area (Å²) in [5.74, 6) is 3.10.